The molecule has 1 fully saturated rings. The van der Waals surface area contributed by atoms with Gasteiger partial charge in [0.1, 0.15) is 5.76 Å². The number of amides is 1. The molecule has 10 nitrogen and oxygen atoms in total. The van der Waals surface area contributed by atoms with Crippen LogP contribution in [0.2, 0.25) is 0 Å². The molecule has 1 amide bonds. The minimum Gasteiger partial charge on any atom is -0.441 e. The van der Waals surface area contributed by atoms with E-state index in [4.69, 9.17) is 4.42 Å². The highest BCUT2D eigenvalue weighted by Crippen LogP contribution is 2.26. The molecule has 14 heteroatoms. The van der Waals surface area contributed by atoms with E-state index in [2.05, 4.69) is 20.1 Å². The molecular formula is C25H25F3N4O6S. The van der Waals surface area contributed by atoms with E-state index in [0.717, 1.165) is 0 Å². The molecule has 1 aromatic carbocycles. The standard InChI is InChI=1S/C25H25F3N4O6S/c1-16-21(15-39(35,36)20-8-11-29-12-9-20)31-22(37-16)18-4-6-19(7-5-18)23(33)32(38-24(34)25(26,27)28)14-17-3-2-10-30-13-17/h2-7,10,13,20,29H,8-9,11-12,14-15H2,1H3. The highest BCUT2D eigenvalue weighted by atomic mass is 32.2. The van der Waals surface area contributed by atoms with Gasteiger partial charge in [0.2, 0.25) is 5.89 Å². The number of benzene rings is 1. The lowest BCUT2D eigenvalue weighted by Crippen LogP contribution is -2.38. The van der Waals surface area contributed by atoms with E-state index in [9.17, 15) is 31.2 Å². The number of sulfone groups is 1. The SMILES string of the molecule is Cc1oc(-c2ccc(C(=O)N(Cc3cccnc3)OC(=O)C(F)(F)F)cc2)nc1CS(=O)(=O)C1CCNCC1. The minimum atomic E-state index is -5.31. The summed E-state index contributed by atoms with van der Waals surface area (Å²) in [6, 6.07) is 8.52. The molecule has 0 saturated carbocycles. The van der Waals surface area contributed by atoms with E-state index in [1.807, 2.05) is 0 Å². The number of piperidine rings is 1. The average molecular weight is 567 g/mol. The molecule has 1 aliphatic heterocycles. The normalized spacial score (nSPS) is 14.7. The van der Waals surface area contributed by atoms with Crippen molar-refractivity contribution in [1.29, 1.82) is 0 Å². The zero-order chi connectivity index (χ0) is 28.2. The summed E-state index contributed by atoms with van der Waals surface area (Å²) in [6.45, 7) is 2.40. The maximum atomic E-state index is 13.0. The summed E-state index contributed by atoms with van der Waals surface area (Å²) in [5.74, 6) is -3.35. The number of halogens is 3. The van der Waals surface area contributed by atoms with Gasteiger partial charge in [0, 0.05) is 23.5 Å². The second-order valence-corrected chi connectivity index (χ2v) is 11.2. The smallest absolute Gasteiger partial charge is 0.441 e. The molecule has 1 aliphatic rings. The number of carbonyl (C=O) groups excluding carboxylic acids is 2. The van der Waals surface area contributed by atoms with Gasteiger partial charge in [0.05, 0.1) is 23.2 Å². The maximum absolute atomic E-state index is 13.0. The number of nitrogens with one attached hydrogen (secondary N) is 1. The average Bonchev–Trinajstić information content (AvgIpc) is 3.27. The third-order valence-electron chi connectivity index (χ3n) is 6.10. The molecule has 1 N–H and O–H groups in total. The van der Waals surface area contributed by atoms with Gasteiger partial charge in [-0.3, -0.25) is 9.78 Å². The fraction of sp³-hybridized carbons (Fsp3) is 0.360. The van der Waals surface area contributed by atoms with E-state index in [1.54, 1.807) is 6.92 Å². The van der Waals surface area contributed by atoms with Crippen molar-refractivity contribution in [3.63, 3.8) is 0 Å². The van der Waals surface area contributed by atoms with Gasteiger partial charge < -0.3 is 14.6 Å². The van der Waals surface area contributed by atoms with Crippen molar-refractivity contribution in [3.05, 3.63) is 71.4 Å². The Morgan fingerprint density at radius 2 is 1.85 bits per heavy atom. The number of hydroxylamine groups is 2. The topological polar surface area (TPSA) is 132 Å². The zero-order valence-corrected chi connectivity index (χ0v) is 21.6. The van der Waals surface area contributed by atoms with Crippen LogP contribution in [0.5, 0.6) is 0 Å². The number of aryl methyl sites for hydroxylation is 1. The van der Waals surface area contributed by atoms with Gasteiger partial charge in [-0.05, 0) is 68.8 Å². The van der Waals surface area contributed by atoms with Crippen molar-refractivity contribution < 1.29 is 40.4 Å². The van der Waals surface area contributed by atoms with Crippen LogP contribution in [0.25, 0.3) is 11.5 Å². The number of pyridine rings is 1. The van der Waals surface area contributed by atoms with Gasteiger partial charge in [-0.15, -0.1) is 0 Å². The van der Waals surface area contributed by atoms with E-state index in [0.29, 0.717) is 47.9 Å². The van der Waals surface area contributed by atoms with Crippen molar-refractivity contribution in [2.24, 2.45) is 0 Å². The number of hydrogen-bond acceptors (Lipinski definition) is 9. The summed E-state index contributed by atoms with van der Waals surface area (Å²) < 4.78 is 69.8. The maximum Gasteiger partial charge on any atom is 0.493 e. The Morgan fingerprint density at radius 3 is 2.46 bits per heavy atom. The molecule has 208 valence electrons. The molecule has 4 rings (SSSR count). The Kier molecular flexibility index (Phi) is 8.35. The molecule has 0 aliphatic carbocycles. The van der Waals surface area contributed by atoms with Crippen LogP contribution in [0.4, 0.5) is 13.2 Å². The van der Waals surface area contributed by atoms with Crippen molar-refractivity contribution in [1.82, 2.24) is 20.3 Å². The van der Waals surface area contributed by atoms with Gasteiger partial charge in [-0.1, -0.05) is 6.07 Å². The number of rotatable bonds is 7. The molecule has 0 unspecified atom stereocenters. The van der Waals surface area contributed by atoms with E-state index < -0.39 is 39.7 Å². The first-order chi connectivity index (χ1) is 18.4. The summed E-state index contributed by atoms with van der Waals surface area (Å²) >= 11 is 0. The lowest BCUT2D eigenvalue weighted by Gasteiger charge is -2.22. The number of aromatic nitrogens is 2. The minimum absolute atomic E-state index is 0.0744. The van der Waals surface area contributed by atoms with E-state index in [-0.39, 0.29) is 22.9 Å². The summed E-state index contributed by atoms with van der Waals surface area (Å²) in [4.78, 5) is 37.0. The number of carbonyl (C=O) groups is 2. The first-order valence-corrected chi connectivity index (χ1v) is 13.6. The van der Waals surface area contributed by atoms with Crippen molar-refractivity contribution in [2.45, 2.75) is 43.5 Å². The van der Waals surface area contributed by atoms with Crippen LogP contribution in [0.15, 0.2) is 53.2 Å². The monoisotopic (exact) mass is 566 g/mol. The zero-order valence-electron chi connectivity index (χ0n) is 20.8. The molecule has 1 saturated heterocycles. The van der Waals surface area contributed by atoms with E-state index in [1.165, 1.54) is 48.8 Å². The predicted molar refractivity (Wildman–Crippen MR) is 131 cm³/mol. The third kappa shape index (κ3) is 7.00. The van der Waals surface area contributed by atoms with Gasteiger partial charge in [-0.25, -0.2) is 18.2 Å². The Bertz CT molecular complexity index is 1420. The summed E-state index contributed by atoms with van der Waals surface area (Å²) in [5, 5.41) is 2.98. The van der Waals surface area contributed by atoms with Crippen LogP contribution in [-0.4, -0.2) is 59.8 Å². The molecule has 0 spiro atoms. The number of alkyl halides is 3. The van der Waals surface area contributed by atoms with Crippen LogP contribution < -0.4 is 5.32 Å². The van der Waals surface area contributed by atoms with Gasteiger partial charge in [-0.2, -0.15) is 18.2 Å². The Labute approximate surface area is 222 Å². The van der Waals surface area contributed by atoms with Crippen LogP contribution in [0, 0.1) is 6.92 Å². The van der Waals surface area contributed by atoms with Crippen LogP contribution in [0.3, 0.4) is 0 Å². The van der Waals surface area contributed by atoms with E-state index >= 15 is 0 Å². The molecule has 0 bridgehead atoms. The molecule has 0 radical (unpaired) electrons. The quantitative estimate of drug-likeness (QED) is 0.428. The van der Waals surface area contributed by atoms with Crippen LogP contribution in [-0.2, 0) is 31.8 Å². The second-order valence-electron chi connectivity index (χ2n) is 8.94. The first kappa shape index (κ1) is 28.2. The van der Waals surface area contributed by atoms with Gasteiger partial charge in [0.15, 0.2) is 9.84 Å². The fourth-order valence-corrected chi connectivity index (χ4v) is 5.84. The lowest BCUT2D eigenvalue weighted by atomic mass is 10.1. The fourth-order valence-electron chi connectivity index (χ4n) is 4.00. The summed E-state index contributed by atoms with van der Waals surface area (Å²) in [6.07, 6.45) is -1.50. The predicted octanol–water partition coefficient (Wildman–Crippen LogP) is 3.37. The van der Waals surface area contributed by atoms with Crippen LogP contribution in [0.1, 0.15) is 40.2 Å². The van der Waals surface area contributed by atoms with Gasteiger partial charge in [0.25, 0.3) is 5.91 Å². The summed E-state index contributed by atoms with van der Waals surface area (Å²) in [7, 11) is -3.44. The van der Waals surface area contributed by atoms with Gasteiger partial charge >= 0.3 is 12.1 Å². The molecule has 3 aromatic rings. The molecule has 3 heterocycles. The Balaban J connectivity index is 1.52. The largest absolute Gasteiger partial charge is 0.493 e. The van der Waals surface area contributed by atoms with Crippen molar-refractivity contribution in [3.8, 4) is 11.5 Å². The highest BCUT2D eigenvalue weighted by Gasteiger charge is 2.43. The number of oxazole rings is 1. The Morgan fingerprint density at radius 1 is 1.15 bits per heavy atom. The third-order valence-corrected chi connectivity index (χ3v) is 8.27. The summed E-state index contributed by atoms with van der Waals surface area (Å²) in [5.41, 5.74) is 0.950. The second kappa shape index (κ2) is 11.5. The number of nitrogens with zero attached hydrogens (tertiary/aromatic N) is 3. The lowest BCUT2D eigenvalue weighted by molar-refractivity contribution is -0.230. The number of hydrogen-bond donors (Lipinski definition) is 1. The molecule has 0 atom stereocenters. The first-order valence-electron chi connectivity index (χ1n) is 11.9. The molecule has 2 aromatic heterocycles. The van der Waals surface area contributed by atoms with Crippen molar-refractivity contribution in [2.75, 3.05) is 13.1 Å². The van der Waals surface area contributed by atoms with Crippen molar-refractivity contribution >= 4 is 21.7 Å². The van der Waals surface area contributed by atoms with Crippen LogP contribution >= 0.6 is 0 Å². The highest BCUT2D eigenvalue weighted by molar-refractivity contribution is 7.91. The molecule has 39 heavy (non-hydrogen) atoms. The molecular weight excluding hydrogens is 541 g/mol. The Hall–Kier alpha value is -3.78.